The molecule has 0 spiro atoms. The Bertz CT molecular complexity index is 2140. The Morgan fingerprint density at radius 2 is 1.20 bits per heavy atom. The predicted molar refractivity (Wildman–Crippen MR) is 239 cm³/mol. The number of fused-ring (bicyclic) bond motifs is 3. The number of benzene rings is 2. The van der Waals surface area contributed by atoms with Crippen LogP contribution in [0.2, 0.25) is 0 Å². The number of unbranched alkanes of at least 4 members (excludes halogenated alkanes) is 9. The van der Waals surface area contributed by atoms with Gasteiger partial charge in [0.15, 0.2) is 0 Å². The van der Waals surface area contributed by atoms with Crippen LogP contribution in [0.3, 0.4) is 0 Å². The molecule has 0 fully saturated rings. The Labute approximate surface area is 341 Å². The van der Waals surface area contributed by atoms with Crippen LogP contribution in [0.5, 0.6) is 0 Å². The van der Waals surface area contributed by atoms with Crippen molar-refractivity contribution in [2.75, 3.05) is 0 Å². The number of nitriles is 1. The van der Waals surface area contributed by atoms with Crippen LogP contribution >= 0.6 is 34.0 Å². The number of carboxylic acid groups (broad SMARTS) is 1. The van der Waals surface area contributed by atoms with Crippen LogP contribution in [-0.4, -0.2) is 11.1 Å². The maximum absolute atomic E-state index is 11.9. The van der Waals surface area contributed by atoms with Crippen LogP contribution in [0, 0.1) is 11.3 Å². The normalized spacial score (nSPS) is 13.6. The molecule has 1 unspecified atom stereocenters. The predicted octanol–water partition coefficient (Wildman–Crippen LogP) is 15.8. The van der Waals surface area contributed by atoms with Crippen LogP contribution in [-0.2, 0) is 24.1 Å². The minimum Gasteiger partial charge on any atom is -0.477 e. The first-order chi connectivity index (χ1) is 26.9. The molecule has 288 valence electrons. The highest BCUT2D eigenvalue weighted by Crippen LogP contribution is 2.51. The lowest BCUT2D eigenvalue weighted by atomic mass is 9.94. The number of aliphatic carboxylic acids is 1. The summed E-state index contributed by atoms with van der Waals surface area (Å²) >= 11 is 5.53. The van der Waals surface area contributed by atoms with Crippen LogP contribution < -0.4 is 0 Å². The SMILES string of the molecule is CCCCCCc1cc(-c2cc(CCCCCC)c(-c3sc(-c4ccc5c(c4)-c4ccccc4C5CC)cc3CCCCCC)s2)sc1/C=C(/C#N)C(=O)O. The third kappa shape index (κ3) is 9.62. The van der Waals surface area contributed by atoms with E-state index >= 15 is 0 Å². The number of hydrogen-bond donors (Lipinski definition) is 1. The highest BCUT2D eigenvalue weighted by Gasteiger charge is 2.28. The van der Waals surface area contributed by atoms with Crippen molar-refractivity contribution in [1.82, 2.24) is 0 Å². The van der Waals surface area contributed by atoms with Gasteiger partial charge in [-0.15, -0.1) is 34.0 Å². The van der Waals surface area contributed by atoms with Gasteiger partial charge < -0.3 is 5.11 Å². The van der Waals surface area contributed by atoms with Gasteiger partial charge in [-0.25, -0.2) is 4.79 Å². The van der Waals surface area contributed by atoms with E-state index in [0.717, 1.165) is 49.0 Å². The van der Waals surface area contributed by atoms with E-state index in [1.165, 1.54) is 128 Å². The van der Waals surface area contributed by atoms with E-state index in [-0.39, 0.29) is 5.57 Å². The third-order valence-electron chi connectivity index (χ3n) is 11.2. The van der Waals surface area contributed by atoms with Gasteiger partial charge in [0.25, 0.3) is 0 Å². The summed E-state index contributed by atoms with van der Waals surface area (Å²) < 4.78 is 0. The van der Waals surface area contributed by atoms with Gasteiger partial charge in [0.1, 0.15) is 11.6 Å². The summed E-state index contributed by atoms with van der Waals surface area (Å²) in [5, 5.41) is 19.3. The average molecular weight is 788 g/mol. The maximum Gasteiger partial charge on any atom is 0.346 e. The number of nitrogens with zero attached hydrogens (tertiary/aromatic N) is 1. The number of thiophene rings is 3. The molecule has 1 aliphatic carbocycles. The largest absolute Gasteiger partial charge is 0.477 e. The molecular formula is C49H57NO2S3. The lowest BCUT2D eigenvalue weighted by Gasteiger charge is -2.10. The highest BCUT2D eigenvalue weighted by molar-refractivity contribution is 7.27. The minimum absolute atomic E-state index is 0.203. The topological polar surface area (TPSA) is 61.1 Å². The molecule has 3 aromatic heterocycles. The summed E-state index contributed by atoms with van der Waals surface area (Å²) in [6.45, 7) is 9.08. The Balaban J connectivity index is 1.43. The molecule has 0 saturated heterocycles. The van der Waals surface area contributed by atoms with Gasteiger partial charge in [0, 0.05) is 35.2 Å². The van der Waals surface area contributed by atoms with E-state index in [0.29, 0.717) is 5.92 Å². The molecular weight excluding hydrogens is 731 g/mol. The zero-order valence-electron chi connectivity index (χ0n) is 33.3. The monoisotopic (exact) mass is 787 g/mol. The number of rotatable bonds is 21. The molecule has 0 saturated carbocycles. The molecule has 3 nitrogen and oxygen atoms in total. The van der Waals surface area contributed by atoms with E-state index < -0.39 is 5.97 Å². The molecule has 0 amide bonds. The number of aryl methyl sites for hydroxylation is 3. The summed E-state index contributed by atoms with van der Waals surface area (Å²) in [5.74, 6) is -0.700. The van der Waals surface area contributed by atoms with Crippen molar-refractivity contribution in [2.24, 2.45) is 0 Å². The van der Waals surface area contributed by atoms with Crippen molar-refractivity contribution < 1.29 is 9.90 Å². The van der Waals surface area contributed by atoms with E-state index in [9.17, 15) is 15.2 Å². The van der Waals surface area contributed by atoms with Crippen LogP contribution in [0.1, 0.15) is 150 Å². The van der Waals surface area contributed by atoms with Gasteiger partial charge in [-0.3, -0.25) is 0 Å². The third-order valence-corrected chi connectivity index (χ3v) is 15.1. The van der Waals surface area contributed by atoms with Crippen molar-refractivity contribution in [3.05, 3.63) is 98.9 Å². The molecule has 1 N–H and O–H groups in total. The fraction of sp³-hybridized carbons (Fsp3) is 0.429. The molecule has 1 atom stereocenters. The second kappa shape index (κ2) is 19.9. The second-order valence-corrected chi connectivity index (χ2v) is 18.4. The zero-order chi connectivity index (χ0) is 38.7. The second-order valence-electron chi connectivity index (χ2n) is 15.2. The van der Waals surface area contributed by atoms with Gasteiger partial charge in [-0.2, -0.15) is 5.26 Å². The molecule has 0 radical (unpaired) electrons. The smallest absolute Gasteiger partial charge is 0.346 e. The summed E-state index contributed by atoms with van der Waals surface area (Å²) in [4.78, 5) is 19.4. The van der Waals surface area contributed by atoms with E-state index in [1.807, 2.05) is 28.7 Å². The maximum atomic E-state index is 11.9. The van der Waals surface area contributed by atoms with Crippen LogP contribution in [0.4, 0.5) is 0 Å². The van der Waals surface area contributed by atoms with E-state index in [2.05, 4.69) is 88.4 Å². The van der Waals surface area contributed by atoms with Crippen molar-refractivity contribution >= 4 is 46.1 Å². The number of carbonyl (C=O) groups is 1. The lowest BCUT2D eigenvalue weighted by Crippen LogP contribution is -1.97. The molecule has 2 aromatic carbocycles. The summed E-state index contributed by atoms with van der Waals surface area (Å²) in [6, 6.07) is 25.3. The molecule has 6 heteroatoms. The van der Waals surface area contributed by atoms with Crippen molar-refractivity contribution in [3.8, 4) is 47.1 Å². The number of hydrogen-bond acceptors (Lipinski definition) is 5. The Morgan fingerprint density at radius 1 is 0.655 bits per heavy atom. The Kier molecular flexibility index (Phi) is 14.8. The zero-order valence-corrected chi connectivity index (χ0v) is 35.7. The number of carboxylic acids is 1. The van der Waals surface area contributed by atoms with Crippen LogP contribution in [0.25, 0.3) is 47.2 Å². The molecule has 0 bridgehead atoms. The van der Waals surface area contributed by atoms with E-state index in [1.54, 1.807) is 17.4 Å². The minimum atomic E-state index is -1.17. The molecule has 1 aliphatic rings. The van der Waals surface area contributed by atoms with Gasteiger partial charge in [-0.1, -0.05) is 122 Å². The summed E-state index contributed by atoms with van der Waals surface area (Å²) in [5.41, 5.74) is 10.9. The van der Waals surface area contributed by atoms with Crippen molar-refractivity contribution in [3.63, 3.8) is 0 Å². The first-order valence-electron chi connectivity index (χ1n) is 20.9. The molecule has 55 heavy (non-hydrogen) atoms. The van der Waals surface area contributed by atoms with Gasteiger partial charge in [-0.05, 0) is 120 Å². The summed E-state index contributed by atoms with van der Waals surface area (Å²) in [7, 11) is 0. The van der Waals surface area contributed by atoms with Gasteiger partial charge in [0.2, 0.25) is 0 Å². The molecule has 3 heterocycles. The highest BCUT2D eigenvalue weighted by atomic mass is 32.1. The van der Waals surface area contributed by atoms with E-state index in [4.69, 9.17) is 0 Å². The average Bonchev–Trinajstić information content (AvgIpc) is 3.98. The van der Waals surface area contributed by atoms with Crippen molar-refractivity contribution in [2.45, 2.75) is 136 Å². The summed E-state index contributed by atoms with van der Waals surface area (Å²) in [6.07, 6.45) is 20.2. The fourth-order valence-electron chi connectivity index (χ4n) is 8.16. The quantitative estimate of drug-likeness (QED) is 0.0458. The Hall–Kier alpha value is -3.76. The molecule has 0 aliphatic heterocycles. The first-order valence-corrected chi connectivity index (χ1v) is 23.3. The van der Waals surface area contributed by atoms with Gasteiger partial charge >= 0.3 is 5.97 Å². The molecule has 5 aromatic rings. The molecule has 6 rings (SSSR count). The first kappa shape index (κ1) is 40.9. The standard InChI is InChI=1S/C49H57NO2S3/c1-5-9-12-15-20-33-28-45(53-43(33)31-37(32-50)49(51)52)46-30-36(22-17-14-11-7-3)48(55-46)47-35(21-16-13-10-6-2)29-44(54-47)34-25-26-41-38(8-4)39-23-18-19-24-40(39)42(41)27-34/h18-19,23-31,38H,5-17,20-22H2,1-4H3,(H,51,52)/b37-31-. The van der Waals surface area contributed by atoms with Gasteiger partial charge in [0.05, 0.1) is 0 Å². The van der Waals surface area contributed by atoms with Crippen LogP contribution in [0.15, 0.2) is 66.2 Å². The van der Waals surface area contributed by atoms with Crippen molar-refractivity contribution in [1.29, 1.82) is 5.26 Å². The lowest BCUT2D eigenvalue weighted by molar-refractivity contribution is -0.132. The Morgan fingerprint density at radius 3 is 1.80 bits per heavy atom. The fourth-order valence-corrected chi connectivity index (χ4v) is 12.0.